The van der Waals surface area contributed by atoms with Crippen LogP contribution in [0.4, 0.5) is 0 Å². The van der Waals surface area contributed by atoms with Crippen LogP contribution in [0, 0.1) is 0 Å². The molecule has 2 nitrogen and oxygen atoms in total. The average molecular weight is 218 g/mol. The maximum Gasteiger partial charge on any atom is 0.0432 e. The molecule has 2 heteroatoms. The zero-order valence-electron chi connectivity index (χ0n) is 10.4. The van der Waals surface area contributed by atoms with Crippen LogP contribution in [0.5, 0.6) is 0 Å². The summed E-state index contributed by atoms with van der Waals surface area (Å²) in [6, 6.07) is 7.01. The summed E-state index contributed by atoms with van der Waals surface area (Å²) in [5.74, 6) is 0.582. The Bertz CT molecular complexity index is 310. The smallest absolute Gasteiger partial charge is 0.0432 e. The second-order valence-electron chi connectivity index (χ2n) is 4.82. The summed E-state index contributed by atoms with van der Waals surface area (Å²) in [5.41, 5.74) is 1.24. The van der Waals surface area contributed by atoms with Crippen LogP contribution in [-0.2, 0) is 0 Å². The molecule has 1 saturated heterocycles. The van der Waals surface area contributed by atoms with Gasteiger partial charge in [0.2, 0.25) is 0 Å². The van der Waals surface area contributed by atoms with Gasteiger partial charge >= 0.3 is 0 Å². The lowest BCUT2D eigenvalue weighted by Crippen LogP contribution is -2.30. The lowest BCUT2D eigenvalue weighted by molar-refractivity contribution is 0.246. The molecule has 1 aliphatic rings. The summed E-state index contributed by atoms with van der Waals surface area (Å²) in [6.45, 7) is 7.05. The van der Waals surface area contributed by atoms with Crippen molar-refractivity contribution in [3.05, 3.63) is 30.1 Å². The summed E-state index contributed by atoms with van der Waals surface area (Å²) in [6.07, 6.45) is 5.89. The van der Waals surface area contributed by atoms with Crippen LogP contribution in [0.15, 0.2) is 24.4 Å². The summed E-state index contributed by atoms with van der Waals surface area (Å²) in [5, 5.41) is 0. The van der Waals surface area contributed by atoms with E-state index in [9.17, 15) is 0 Å². The highest BCUT2D eigenvalue weighted by Crippen LogP contribution is 2.27. The standard InChI is InChI=1S/C14H22N2/c1-3-16-10-6-7-13(16)11-12(2)14-8-4-5-9-15-14/h4-5,8-9,12-13H,3,6-7,10-11H2,1-2H3. The molecule has 0 saturated carbocycles. The Balaban J connectivity index is 1.94. The highest BCUT2D eigenvalue weighted by atomic mass is 15.2. The number of pyridine rings is 1. The lowest BCUT2D eigenvalue weighted by Gasteiger charge is -2.25. The minimum absolute atomic E-state index is 0.582. The van der Waals surface area contributed by atoms with E-state index in [0.29, 0.717) is 5.92 Å². The quantitative estimate of drug-likeness (QED) is 0.772. The molecule has 0 bridgehead atoms. The first kappa shape index (κ1) is 11.6. The Morgan fingerprint density at radius 2 is 2.38 bits per heavy atom. The summed E-state index contributed by atoms with van der Waals surface area (Å²) >= 11 is 0. The zero-order valence-corrected chi connectivity index (χ0v) is 10.4. The van der Waals surface area contributed by atoms with Crippen LogP contribution in [0.3, 0.4) is 0 Å². The number of likely N-dealkylation sites (tertiary alicyclic amines) is 1. The molecule has 1 fully saturated rings. The normalized spacial score (nSPS) is 23.5. The highest BCUT2D eigenvalue weighted by molar-refractivity contribution is 5.09. The Labute approximate surface area is 98.7 Å². The van der Waals surface area contributed by atoms with Gasteiger partial charge in [0.1, 0.15) is 0 Å². The predicted molar refractivity (Wildman–Crippen MR) is 67.5 cm³/mol. The van der Waals surface area contributed by atoms with Crippen molar-refractivity contribution in [2.24, 2.45) is 0 Å². The van der Waals surface area contributed by atoms with Gasteiger partial charge in [-0.15, -0.1) is 0 Å². The van der Waals surface area contributed by atoms with E-state index in [1.807, 2.05) is 12.3 Å². The molecule has 2 rings (SSSR count). The minimum Gasteiger partial charge on any atom is -0.301 e. The fraction of sp³-hybridized carbons (Fsp3) is 0.643. The van der Waals surface area contributed by atoms with Gasteiger partial charge in [0.15, 0.2) is 0 Å². The van der Waals surface area contributed by atoms with Crippen molar-refractivity contribution in [2.45, 2.75) is 45.1 Å². The topological polar surface area (TPSA) is 16.1 Å². The van der Waals surface area contributed by atoms with Crippen LogP contribution in [0.2, 0.25) is 0 Å². The van der Waals surface area contributed by atoms with E-state index >= 15 is 0 Å². The number of nitrogens with zero attached hydrogens (tertiary/aromatic N) is 2. The molecule has 0 aromatic carbocycles. The lowest BCUT2D eigenvalue weighted by atomic mass is 9.96. The van der Waals surface area contributed by atoms with E-state index in [4.69, 9.17) is 0 Å². The molecule has 0 radical (unpaired) electrons. The first-order valence-electron chi connectivity index (χ1n) is 6.46. The Kier molecular flexibility index (Phi) is 3.94. The van der Waals surface area contributed by atoms with Gasteiger partial charge in [0.25, 0.3) is 0 Å². The third-order valence-corrected chi connectivity index (χ3v) is 3.72. The largest absolute Gasteiger partial charge is 0.301 e. The molecule has 1 aromatic heterocycles. The molecule has 16 heavy (non-hydrogen) atoms. The van der Waals surface area contributed by atoms with E-state index in [1.165, 1.54) is 38.0 Å². The van der Waals surface area contributed by atoms with E-state index < -0.39 is 0 Å². The van der Waals surface area contributed by atoms with Gasteiger partial charge in [-0.1, -0.05) is 19.9 Å². The molecule has 0 N–H and O–H groups in total. The first-order chi connectivity index (χ1) is 7.81. The highest BCUT2D eigenvalue weighted by Gasteiger charge is 2.25. The summed E-state index contributed by atoms with van der Waals surface area (Å²) in [7, 11) is 0. The third-order valence-electron chi connectivity index (χ3n) is 3.72. The molecular weight excluding hydrogens is 196 g/mol. The Morgan fingerprint density at radius 1 is 1.50 bits per heavy atom. The van der Waals surface area contributed by atoms with Gasteiger partial charge in [-0.25, -0.2) is 0 Å². The van der Waals surface area contributed by atoms with Crippen molar-refractivity contribution in [1.29, 1.82) is 0 Å². The van der Waals surface area contributed by atoms with Gasteiger partial charge in [-0.05, 0) is 50.4 Å². The molecule has 0 aliphatic carbocycles. The van der Waals surface area contributed by atoms with Gasteiger partial charge < -0.3 is 4.90 Å². The maximum absolute atomic E-state index is 4.45. The number of hydrogen-bond donors (Lipinski definition) is 0. The van der Waals surface area contributed by atoms with Crippen LogP contribution >= 0.6 is 0 Å². The van der Waals surface area contributed by atoms with Crippen molar-refractivity contribution >= 4 is 0 Å². The van der Waals surface area contributed by atoms with Gasteiger partial charge in [-0.3, -0.25) is 4.98 Å². The molecule has 1 aromatic rings. The Morgan fingerprint density at radius 3 is 3.06 bits per heavy atom. The van der Waals surface area contributed by atoms with Crippen molar-refractivity contribution in [3.63, 3.8) is 0 Å². The number of aromatic nitrogens is 1. The molecule has 1 aliphatic heterocycles. The van der Waals surface area contributed by atoms with Crippen LogP contribution in [-0.4, -0.2) is 29.0 Å². The molecule has 88 valence electrons. The molecule has 2 heterocycles. The second kappa shape index (κ2) is 5.44. The van der Waals surface area contributed by atoms with E-state index in [1.54, 1.807) is 0 Å². The average Bonchev–Trinajstić information content (AvgIpc) is 2.77. The van der Waals surface area contributed by atoms with Gasteiger partial charge in [-0.2, -0.15) is 0 Å². The Hall–Kier alpha value is -0.890. The number of rotatable bonds is 4. The van der Waals surface area contributed by atoms with Crippen LogP contribution in [0.1, 0.15) is 44.7 Å². The first-order valence-corrected chi connectivity index (χ1v) is 6.46. The van der Waals surface area contributed by atoms with E-state index in [-0.39, 0.29) is 0 Å². The molecule has 2 atom stereocenters. The minimum atomic E-state index is 0.582. The van der Waals surface area contributed by atoms with Crippen molar-refractivity contribution in [1.82, 2.24) is 9.88 Å². The molecule has 0 amide bonds. The zero-order chi connectivity index (χ0) is 11.4. The second-order valence-corrected chi connectivity index (χ2v) is 4.82. The molecule has 0 spiro atoms. The van der Waals surface area contributed by atoms with E-state index in [0.717, 1.165) is 6.04 Å². The fourth-order valence-corrected chi connectivity index (χ4v) is 2.77. The van der Waals surface area contributed by atoms with E-state index in [2.05, 4.69) is 35.9 Å². The fourth-order valence-electron chi connectivity index (χ4n) is 2.77. The maximum atomic E-state index is 4.45. The SMILES string of the molecule is CCN1CCCC1CC(C)c1ccccn1. The van der Waals surface area contributed by atoms with Gasteiger partial charge in [0, 0.05) is 17.9 Å². The summed E-state index contributed by atoms with van der Waals surface area (Å²) < 4.78 is 0. The molecule has 2 unspecified atom stereocenters. The monoisotopic (exact) mass is 218 g/mol. The van der Waals surface area contributed by atoms with Crippen LogP contribution < -0.4 is 0 Å². The van der Waals surface area contributed by atoms with Gasteiger partial charge in [0.05, 0.1) is 0 Å². The van der Waals surface area contributed by atoms with Crippen molar-refractivity contribution in [2.75, 3.05) is 13.1 Å². The van der Waals surface area contributed by atoms with Crippen molar-refractivity contribution in [3.8, 4) is 0 Å². The summed E-state index contributed by atoms with van der Waals surface area (Å²) in [4.78, 5) is 7.06. The molecular formula is C14H22N2. The van der Waals surface area contributed by atoms with Crippen molar-refractivity contribution < 1.29 is 0 Å². The number of hydrogen-bond acceptors (Lipinski definition) is 2. The van der Waals surface area contributed by atoms with Crippen LogP contribution in [0.25, 0.3) is 0 Å². The predicted octanol–water partition coefficient (Wildman–Crippen LogP) is 3.06. The third kappa shape index (κ3) is 2.62.